The molecule has 5 heterocycles. The summed E-state index contributed by atoms with van der Waals surface area (Å²) in [5.41, 5.74) is 18.8. The highest BCUT2D eigenvalue weighted by Crippen LogP contribution is 2.64. The quantitative estimate of drug-likeness (QED) is 0.126. The Hall–Kier alpha value is -9.81. The van der Waals surface area contributed by atoms with Gasteiger partial charge in [-0.15, -0.1) is 0 Å². The Morgan fingerprint density at radius 1 is 0.360 bits per heavy atom. The molecule has 0 radical (unpaired) electrons. The lowest BCUT2D eigenvalue weighted by Crippen LogP contribution is -2.37. The van der Waals surface area contributed by atoms with Crippen molar-refractivity contribution >= 4 is 137 Å². The van der Waals surface area contributed by atoms with Crippen LogP contribution in [0.4, 0.5) is 34.1 Å². The van der Waals surface area contributed by atoms with E-state index in [1.54, 1.807) is 12.4 Å². The molecular formula is C77H62N4O3Si2. The zero-order valence-corrected chi connectivity index (χ0v) is 51.5. The van der Waals surface area contributed by atoms with Gasteiger partial charge in [0.05, 0.1) is 38.3 Å². The number of hydrogen-bond acceptors (Lipinski definition) is 7. The molecule has 7 nitrogen and oxygen atoms in total. The third-order valence-electron chi connectivity index (χ3n) is 18.1. The first-order chi connectivity index (χ1) is 41.7. The predicted molar refractivity (Wildman–Crippen MR) is 363 cm³/mol. The standard InChI is InChI=1S/C77H62N4O3Si2/c1-47-17-13-19-49(41-47)77(50-20-14-18-48(2)42-50)64-45-66(80(51-27-33-55(34-28-51)85(3,4)5)53-31-37-58-61-24-15-39-78-75(61)83-69(58)43-53)57-21-9-10-22-60(57)71(64)73-65(77)46-67(72-63-23-11-12-26-68(63)82-74(72)73)81(52-29-35-56(36-30-52)86(6,7)8)54-32-38-59-62-25-16-40-79-76(62)84-70(59)44-54/h9-46H,1-8H3. The Kier molecular flexibility index (Phi) is 11.5. The number of furan rings is 3. The fourth-order valence-corrected chi connectivity index (χ4v) is 16.3. The average molecular weight is 1150 g/mol. The number of hydrogen-bond donors (Lipinski definition) is 0. The summed E-state index contributed by atoms with van der Waals surface area (Å²) in [6.45, 7) is 18.9. The van der Waals surface area contributed by atoms with E-state index in [1.807, 2.05) is 12.1 Å². The monoisotopic (exact) mass is 1150 g/mol. The molecule has 0 saturated heterocycles. The summed E-state index contributed by atoms with van der Waals surface area (Å²) in [6, 6.07) is 81.1. The summed E-state index contributed by atoms with van der Waals surface area (Å²) < 4.78 is 20.9. The van der Waals surface area contributed by atoms with Gasteiger partial charge in [-0.05, 0) is 138 Å². The zero-order chi connectivity index (χ0) is 58.4. The number of benzene rings is 10. The van der Waals surface area contributed by atoms with Crippen LogP contribution in [0, 0.1) is 13.8 Å². The predicted octanol–water partition coefficient (Wildman–Crippen LogP) is 20.3. The van der Waals surface area contributed by atoms with Gasteiger partial charge in [0.15, 0.2) is 0 Å². The van der Waals surface area contributed by atoms with Crippen molar-refractivity contribution in [1.82, 2.24) is 9.97 Å². The second-order valence-corrected chi connectivity index (χ2v) is 35.7. The number of aryl methyl sites for hydroxylation is 2. The SMILES string of the molecule is Cc1cccc(C2(c3cccc(C)c3)c3cc(N(c4ccc([Si](C)(C)C)cc4)c4ccc5c(c4)oc4ncccc45)c4ccccc4c3-c3c2cc(N(c2ccc([Si](C)(C)C)cc2)c2ccc4c(c2)oc2ncccc24)c2c3oc3ccccc32)c1. The van der Waals surface area contributed by atoms with Crippen LogP contribution in [0.3, 0.4) is 0 Å². The maximum absolute atomic E-state index is 7.60. The van der Waals surface area contributed by atoms with Crippen LogP contribution in [0.5, 0.6) is 0 Å². The van der Waals surface area contributed by atoms with E-state index in [0.29, 0.717) is 11.4 Å². The highest BCUT2D eigenvalue weighted by Gasteiger charge is 2.50. The molecule has 0 spiro atoms. The maximum atomic E-state index is 7.60. The first-order valence-electron chi connectivity index (χ1n) is 29.8. The van der Waals surface area contributed by atoms with Crippen LogP contribution in [0.25, 0.3) is 88.0 Å². The minimum Gasteiger partial charge on any atom is -0.455 e. The number of pyridine rings is 2. The van der Waals surface area contributed by atoms with Crippen LogP contribution in [-0.2, 0) is 5.41 Å². The molecule has 0 fully saturated rings. The Morgan fingerprint density at radius 3 is 1.36 bits per heavy atom. The molecule has 0 unspecified atom stereocenters. The highest BCUT2D eigenvalue weighted by atomic mass is 28.3. The van der Waals surface area contributed by atoms with Gasteiger partial charge in [0.1, 0.15) is 22.3 Å². The summed E-state index contributed by atoms with van der Waals surface area (Å²) >= 11 is 0. The van der Waals surface area contributed by atoms with E-state index >= 15 is 0 Å². The summed E-state index contributed by atoms with van der Waals surface area (Å²) in [7, 11) is -3.38. The largest absolute Gasteiger partial charge is 0.455 e. The van der Waals surface area contributed by atoms with Crippen LogP contribution in [0.1, 0.15) is 33.4 Å². The number of fused-ring (bicyclic) bond motifs is 15. The molecule has 1 aliphatic carbocycles. The van der Waals surface area contributed by atoms with E-state index in [0.717, 1.165) is 133 Å². The van der Waals surface area contributed by atoms with E-state index in [1.165, 1.54) is 21.5 Å². The van der Waals surface area contributed by atoms with Gasteiger partial charge in [-0.3, -0.25) is 0 Å². The van der Waals surface area contributed by atoms with Gasteiger partial charge in [-0.2, -0.15) is 0 Å². The second kappa shape index (κ2) is 19.1. The molecular weight excluding hydrogens is 1090 g/mol. The van der Waals surface area contributed by atoms with Crippen molar-refractivity contribution in [3.05, 3.63) is 264 Å². The van der Waals surface area contributed by atoms with Crippen molar-refractivity contribution in [2.45, 2.75) is 58.5 Å². The van der Waals surface area contributed by atoms with Gasteiger partial charge in [-0.25, -0.2) is 9.97 Å². The molecule has 0 saturated carbocycles. The van der Waals surface area contributed by atoms with Crippen molar-refractivity contribution < 1.29 is 13.3 Å². The molecule has 0 atom stereocenters. The third-order valence-corrected chi connectivity index (χ3v) is 22.2. The van der Waals surface area contributed by atoms with E-state index in [9.17, 15) is 0 Å². The number of anilines is 6. The summed E-state index contributed by atoms with van der Waals surface area (Å²) in [5, 5.41) is 11.1. The van der Waals surface area contributed by atoms with Gasteiger partial charge >= 0.3 is 0 Å². The number of aromatic nitrogens is 2. The fraction of sp³-hybridized carbons (Fsp3) is 0.117. The van der Waals surface area contributed by atoms with Crippen LogP contribution in [-0.4, -0.2) is 26.1 Å². The topological polar surface area (TPSA) is 71.7 Å². The van der Waals surface area contributed by atoms with Crippen LogP contribution in [0.2, 0.25) is 39.3 Å². The van der Waals surface area contributed by atoms with Crippen LogP contribution in [0.15, 0.2) is 244 Å². The van der Waals surface area contributed by atoms with Crippen LogP contribution < -0.4 is 20.2 Å². The molecule has 416 valence electrons. The zero-order valence-electron chi connectivity index (χ0n) is 49.5. The molecule has 0 aliphatic heterocycles. The molecule has 10 aromatic carbocycles. The van der Waals surface area contributed by atoms with Crippen molar-refractivity contribution in [3.8, 4) is 11.1 Å². The van der Waals surface area contributed by atoms with E-state index in [-0.39, 0.29) is 0 Å². The molecule has 16 rings (SSSR count). The van der Waals surface area contributed by atoms with Gasteiger partial charge in [0.25, 0.3) is 0 Å². The molecule has 15 aromatic rings. The van der Waals surface area contributed by atoms with Crippen molar-refractivity contribution in [2.75, 3.05) is 9.80 Å². The lowest BCUT2D eigenvalue weighted by Gasteiger charge is -2.36. The number of rotatable bonds is 10. The Morgan fingerprint density at radius 2 is 0.826 bits per heavy atom. The molecule has 0 amide bonds. The average Bonchev–Trinajstić information content (AvgIpc) is 1.51. The molecule has 86 heavy (non-hydrogen) atoms. The third kappa shape index (κ3) is 7.91. The van der Waals surface area contributed by atoms with Gasteiger partial charge in [0, 0.05) is 85.2 Å². The summed E-state index contributed by atoms with van der Waals surface area (Å²) in [6.07, 6.45) is 3.59. The first-order valence-corrected chi connectivity index (χ1v) is 36.8. The van der Waals surface area contributed by atoms with E-state index in [4.69, 9.17) is 13.3 Å². The normalized spacial score (nSPS) is 13.2. The van der Waals surface area contributed by atoms with Crippen molar-refractivity contribution in [3.63, 3.8) is 0 Å². The molecule has 5 aromatic heterocycles. The highest BCUT2D eigenvalue weighted by molar-refractivity contribution is 6.89. The van der Waals surface area contributed by atoms with Crippen molar-refractivity contribution in [2.24, 2.45) is 0 Å². The first kappa shape index (κ1) is 51.8. The minimum atomic E-state index is -1.70. The molecule has 1 aliphatic rings. The van der Waals surface area contributed by atoms with E-state index < -0.39 is 21.6 Å². The number of nitrogens with zero attached hydrogens (tertiary/aromatic N) is 4. The molecule has 0 bridgehead atoms. The Balaban J connectivity index is 1.06. The Labute approximate surface area is 501 Å². The summed E-state index contributed by atoms with van der Waals surface area (Å²) in [4.78, 5) is 14.2. The maximum Gasteiger partial charge on any atom is 0.227 e. The summed E-state index contributed by atoms with van der Waals surface area (Å²) in [5.74, 6) is 0. The van der Waals surface area contributed by atoms with Crippen molar-refractivity contribution in [1.29, 1.82) is 0 Å². The van der Waals surface area contributed by atoms with Crippen LogP contribution >= 0.6 is 0 Å². The van der Waals surface area contributed by atoms with Gasteiger partial charge < -0.3 is 23.1 Å². The van der Waals surface area contributed by atoms with Gasteiger partial charge in [0.2, 0.25) is 11.4 Å². The smallest absolute Gasteiger partial charge is 0.227 e. The molecule has 9 heteroatoms. The lowest BCUT2D eigenvalue weighted by atomic mass is 9.66. The van der Waals surface area contributed by atoms with Gasteiger partial charge in [-0.1, -0.05) is 176 Å². The lowest BCUT2D eigenvalue weighted by molar-refractivity contribution is 0.653. The minimum absolute atomic E-state index is 0.617. The Bertz CT molecular complexity index is 5210. The molecule has 0 N–H and O–H groups in total. The number of para-hydroxylation sites is 1. The van der Waals surface area contributed by atoms with E-state index in [2.05, 4.69) is 279 Å². The second-order valence-electron chi connectivity index (χ2n) is 25.5. The fourth-order valence-electron chi connectivity index (χ4n) is 13.9.